The van der Waals surface area contributed by atoms with E-state index >= 15 is 0 Å². The normalized spacial score (nSPS) is 12.1. The van der Waals surface area contributed by atoms with Gasteiger partial charge in [-0.05, 0) is 31.4 Å². The third-order valence-corrected chi connectivity index (χ3v) is 2.47. The van der Waals surface area contributed by atoms with Gasteiger partial charge in [-0.15, -0.1) is 0 Å². The molecule has 1 unspecified atom stereocenters. The molecular formula is C11H18N4O2. The highest BCUT2D eigenvalue weighted by Crippen LogP contribution is 2.01. The highest BCUT2D eigenvalue weighted by atomic mass is 16.2. The maximum atomic E-state index is 11.5. The van der Waals surface area contributed by atoms with Crippen LogP contribution >= 0.6 is 0 Å². The Bertz CT molecular complexity index is 396. The van der Waals surface area contributed by atoms with Crippen LogP contribution in [0.1, 0.15) is 30.3 Å². The summed E-state index contributed by atoms with van der Waals surface area (Å²) in [6.45, 7) is 3.32. The first-order chi connectivity index (χ1) is 8.13. The number of nitrogens with zero attached hydrogens (tertiary/aromatic N) is 1. The molecule has 0 saturated heterocycles. The van der Waals surface area contributed by atoms with Crippen molar-refractivity contribution in [3.63, 3.8) is 0 Å². The number of nitrogens with two attached hydrogens (primary N) is 1. The van der Waals surface area contributed by atoms with Gasteiger partial charge < -0.3 is 11.1 Å². The molecule has 0 saturated carbocycles. The summed E-state index contributed by atoms with van der Waals surface area (Å²) in [6, 6.07) is 2.68. The van der Waals surface area contributed by atoms with Crippen LogP contribution in [-0.2, 0) is 0 Å². The Labute approximate surface area is 99.6 Å². The van der Waals surface area contributed by atoms with Crippen molar-refractivity contribution >= 4 is 5.91 Å². The fourth-order valence-corrected chi connectivity index (χ4v) is 1.33. The average Bonchev–Trinajstić information content (AvgIpc) is 2.34. The minimum atomic E-state index is -0.321. The lowest BCUT2D eigenvalue weighted by atomic mass is 10.1. The van der Waals surface area contributed by atoms with Gasteiger partial charge in [-0.1, -0.05) is 6.92 Å². The molecule has 1 aromatic rings. The number of aromatic amines is 1. The third kappa shape index (κ3) is 4.78. The van der Waals surface area contributed by atoms with Crippen molar-refractivity contribution in [2.45, 2.75) is 19.8 Å². The Kier molecular flexibility index (Phi) is 5.35. The number of amides is 1. The lowest BCUT2D eigenvalue weighted by molar-refractivity contribution is 0.0946. The van der Waals surface area contributed by atoms with Crippen LogP contribution in [0.4, 0.5) is 0 Å². The molecule has 0 aromatic carbocycles. The van der Waals surface area contributed by atoms with E-state index in [0.717, 1.165) is 12.8 Å². The molecule has 6 heteroatoms. The molecule has 0 spiro atoms. The first-order valence-electron chi connectivity index (χ1n) is 5.67. The summed E-state index contributed by atoms with van der Waals surface area (Å²) in [7, 11) is 0. The summed E-state index contributed by atoms with van der Waals surface area (Å²) in [5.41, 5.74) is 5.39. The maximum Gasteiger partial charge on any atom is 0.271 e. The van der Waals surface area contributed by atoms with E-state index in [1.807, 2.05) is 0 Å². The Balaban J connectivity index is 2.30. The zero-order chi connectivity index (χ0) is 12.7. The number of H-pyrrole nitrogens is 1. The van der Waals surface area contributed by atoms with Crippen LogP contribution in [0.25, 0.3) is 0 Å². The van der Waals surface area contributed by atoms with Crippen LogP contribution in [0, 0.1) is 5.92 Å². The number of rotatable bonds is 6. The summed E-state index contributed by atoms with van der Waals surface area (Å²) in [6.07, 6.45) is 1.86. The zero-order valence-electron chi connectivity index (χ0n) is 9.90. The Morgan fingerprint density at radius 1 is 1.59 bits per heavy atom. The van der Waals surface area contributed by atoms with Crippen molar-refractivity contribution in [3.05, 3.63) is 28.2 Å². The van der Waals surface area contributed by atoms with Gasteiger partial charge in [-0.2, -0.15) is 5.10 Å². The Morgan fingerprint density at radius 3 is 2.94 bits per heavy atom. The number of aromatic nitrogens is 2. The third-order valence-electron chi connectivity index (χ3n) is 2.47. The predicted molar refractivity (Wildman–Crippen MR) is 64.6 cm³/mol. The van der Waals surface area contributed by atoms with Crippen molar-refractivity contribution in [3.8, 4) is 0 Å². The molecule has 1 atom stereocenters. The van der Waals surface area contributed by atoms with Gasteiger partial charge in [0, 0.05) is 12.6 Å². The van der Waals surface area contributed by atoms with Gasteiger partial charge in [-0.3, -0.25) is 9.59 Å². The van der Waals surface area contributed by atoms with E-state index in [9.17, 15) is 9.59 Å². The minimum absolute atomic E-state index is 0.219. The maximum absolute atomic E-state index is 11.5. The van der Waals surface area contributed by atoms with Gasteiger partial charge in [0.1, 0.15) is 5.69 Å². The minimum Gasteiger partial charge on any atom is -0.351 e. The molecule has 1 rings (SSSR count). The second-order valence-electron chi connectivity index (χ2n) is 4.05. The summed E-state index contributed by atoms with van der Waals surface area (Å²) >= 11 is 0. The molecule has 0 aliphatic carbocycles. The molecule has 0 aliphatic rings. The number of carbonyl (C=O) groups is 1. The summed E-state index contributed by atoms with van der Waals surface area (Å²) < 4.78 is 0. The van der Waals surface area contributed by atoms with Crippen molar-refractivity contribution in [1.29, 1.82) is 0 Å². The molecule has 0 radical (unpaired) electrons. The van der Waals surface area contributed by atoms with Gasteiger partial charge in [0.2, 0.25) is 0 Å². The summed E-state index contributed by atoms with van der Waals surface area (Å²) in [5.74, 6) is 0.194. The monoisotopic (exact) mass is 238 g/mol. The van der Waals surface area contributed by atoms with Gasteiger partial charge in [0.15, 0.2) is 0 Å². The van der Waals surface area contributed by atoms with Crippen LogP contribution in [0.15, 0.2) is 16.9 Å². The molecule has 4 N–H and O–H groups in total. The van der Waals surface area contributed by atoms with Crippen LogP contribution in [0.3, 0.4) is 0 Å². The standard InChI is InChI=1S/C11H18N4O2/c1-8(7-12)3-2-6-13-11(17)9-4-5-10(16)15-14-9/h4-5,8H,2-3,6-7,12H2,1H3,(H,13,17)(H,15,16). The number of hydrogen-bond donors (Lipinski definition) is 3. The van der Waals surface area contributed by atoms with Crippen LogP contribution in [0.2, 0.25) is 0 Å². The molecule has 0 fully saturated rings. The zero-order valence-corrected chi connectivity index (χ0v) is 9.90. The van der Waals surface area contributed by atoms with E-state index in [1.54, 1.807) is 0 Å². The quantitative estimate of drug-likeness (QED) is 0.601. The van der Waals surface area contributed by atoms with Gasteiger partial charge in [0.25, 0.3) is 11.5 Å². The molecule has 17 heavy (non-hydrogen) atoms. The second-order valence-corrected chi connectivity index (χ2v) is 4.05. The lowest BCUT2D eigenvalue weighted by Crippen LogP contribution is -2.27. The van der Waals surface area contributed by atoms with Crippen LogP contribution < -0.4 is 16.6 Å². The van der Waals surface area contributed by atoms with Gasteiger partial charge >= 0.3 is 0 Å². The molecule has 1 heterocycles. The number of carbonyl (C=O) groups excluding carboxylic acids is 1. The summed E-state index contributed by atoms with van der Waals surface area (Å²) in [5, 5.41) is 8.59. The molecular weight excluding hydrogens is 220 g/mol. The highest BCUT2D eigenvalue weighted by Gasteiger charge is 2.06. The van der Waals surface area contributed by atoms with Crippen molar-refractivity contribution in [2.24, 2.45) is 11.7 Å². The predicted octanol–water partition coefficient (Wildman–Crippen LogP) is -0.125. The van der Waals surface area contributed by atoms with E-state index < -0.39 is 0 Å². The fraction of sp³-hybridized carbons (Fsp3) is 0.545. The van der Waals surface area contributed by atoms with Crippen LogP contribution in [-0.4, -0.2) is 29.2 Å². The van der Waals surface area contributed by atoms with Crippen molar-refractivity contribution in [1.82, 2.24) is 15.5 Å². The smallest absolute Gasteiger partial charge is 0.271 e. The SMILES string of the molecule is CC(CN)CCCNC(=O)c1ccc(=O)[nH]n1. The van der Waals surface area contributed by atoms with E-state index in [2.05, 4.69) is 22.4 Å². The lowest BCUT2D eigenvalue weighted by Gasteiger charge is -2.08. The van der Waals surface area contributed by atoms with E-state index in [0.29, 0.717) is 19.0 Å². The number of nitrogens with one attached hydrogen (secondary N) is 2. The average molecular weight is 238 g/mol. The second kappa shape index (κ2) is 6.80. The Morgan fingerprint density at radius 2 is 2.35 bits per heavy atom. The molecule has 94 valence electrons. The van der Waals surface area contributed by atoms with Crippen LogP contribution in [0.5, 0.6) is 0 Å². The molecule has 6 nitrogen and oxygen atoms in total. The van der Waals surface area contributed by atoms with E-state index in [1.165, 1.54) is 12.1 Å². The number of hydrogen-bond acceptors (Lipinski definition) is 4. The molecule has 1 aromatic heterocycles. The van der Waals surface area contributed by atoms with E-state index in [-0.39, 0.29) is 17.2 Å². The highest BCUT2D eigenvalue weighted by molar-refractivity contribution is 5.91. The largest absolute Gasteiger partial charge is 0.351 e. The van der Waals surface area contributed by atoms with Gasteiger partial charge in [0.05, 0.1) is 0 Å². The molecule has 0 aliphatic heterocycles. The van der Waals surface area contributed by atoms with Crippen molar-refractivity contribution < 1.29 is 4.79 Å². The fourth-order valence-electron chi connectivity index (χ4n) is 1.33. The first-order valence-corrected chi connectivity index (χ1v) is 5.67. The first kappa shape index (κ1) is 13.4. The van der Waals surface area contributed by atoms with Crippen molar-refractivity contribution in [2.75, 3.05) is 13.1 Å². The Hall–Kier alpha value is -1.69. The van der Waals surface area contributed by atoms with E-state index in [4.69, 9.17) is 5.73 Å². The molecule has 1 amide bonds. The summed E-state index contributed by atoms with van der Waals surface area (Å²) in [4.78, 5) is 22.3. The molecule has 0 bridgehead atoms. The van der Waals surface area contributed by atoms with Gasteiger partial charge in [-0.25, -0.2) is 5.10 Å². The topological polar surface area (TPSA) is 101 Å².